The van der Waals surface area contributed by atoms with Crippen molar-refractivity contribution in [2.75, 3.05) is 17.7 Å². The third-order valence-corrected chi connectivity index (χ3v) is 6.41. The van der Waals surface area contributed by atoms with Crippen LogP contribution in [-0.4, -0.2) is 24.5 Å². The van der Waals surface area contributed by atoms with Crippen LogP contribution in [-0.2, 0) is 11.2 Å². The number of rotatable bonds is 7. The Morgan fingerprint density at radius 1 is 1.10 bits per heavy atom. The number of hydrogen-bond donors (Lipinski definition) is 0. The van der Waals surface area contributed by atoms with E-state index in [4.69, 9.17) is 4.74 Å². The fourth-order valence-corrected chi connectivity index (χ4v) is 4.45. The Morgan fingerprint density at radius 3 is 2.06 bits per heavy atom. The van der Waals surface area contributed by atoms with Crippen LogP contribution in [0.25, 0.3) is 0 Å². The summed E-state index contributed by atoms with van der Waals surface area (Å²) in [5.41, 5.74) is 4.16. The normalized spacial score (nSPS) is 11.3. The van der Waals surface area contributed by atoms with Gasteiger partial charge in [0, 0.05) is 18.5 Å². The number of benzene rings is 1. The predicted molar refractivity (Wildman–Crippen MR) is 146 cm³/mol. The van der Waals surface area contributed by atoms with Crippen LogP contribution < -0.4 is 4.90 Å². The average Bonchev–Trinajstić information content (AvgIpc) is 2.72. The summed E-state index contributed by atoms with van der Waals surface area (Å²) in [5.74, 6) is 1.05. The van der Waals surface area contributed by atoms with Crippen LogP contribution in [0.5, 0.6) is 0 Å². The smallest absolute Gasteiger partial charge is 0.414 e. The van der Waals surface area contributed by atoms with Gasteiger partial charge in [0.2, 0.25) is 0 Å². The molecule has 0 saturated carbocycles. The number of aryl methyl sites for hydroxylation is 2. The van der Waals surface area contributed by atoms with Crippen LogP contribution >= 0.6 is 21.6 Å². The molecule has 0 N–H and O–H groups in total. The third-order valence-electron chi connectivity index (χ3n) is 3.88. The van der Waals surface area contributed by atoms with E-state index >= 15 is 0 Å². The molecule has 0 aromatic heterocycles. The lowest BCUT2D eigenvalue weighted by molar-refractivity contribution is 0.0589. The standard InChI is InChI=1S/C22H33NO2S2.2C2H6/c1-9-10-11-18(4)27-26-13-12-20-16(2)14-19(15-17(20)3)23(8)21(24)25-22(5,6)7;2*1-2/h9-11,14-15H,12-13H2,1-8H3;2*1-2H3/b10-9-,18-11+;;. The summed E-state index contributed by atoms with van der Waals surface area (Å²) < 4.78 is 5.46. The Labute approximate surface area is 200 Å². The van der Waals surface area contributed by atoms with Crippen LogP contribution in [0.15, 0.2) is 35.3 Å². The maximum atomic E-state index is 12.3. The van der Waals surface area contributed by atoms with Crippen molar-refractivity contribution in [2.45, 2.75) is 88.2 Å². The Hall–Kier alpha value is -1.33. The van der Waals surface area contributed by atoms with Crippen molar-refractivity contribution in [1.82, 2.24) is 0 Å². The number of amides is 1. The number of nitrogens with zero attached hydrogens (tertiary/aromatic N) is 1. The van der Waals surface area contributed by atoms with Gasteiger partial charge in [-0.05, 0) is 88.6 Å². The minimum Gasteiger partial charge on any atom is -0.443 e. The number of ether oxygens (including phenoxy) is 1. The summed E-state index contributed by atoms with van der Waals surface area (Å²) in [6.07, 6.45) is 6.93. The first kappa shape index (κ1) is 31.9. The van der Waals surface area contributed by atoms with Crippen LogP contribution in [0.4, 0.5) is 10.5 Å². The summed E-state index contributed by atoms with van der Waals surface area (Å²) in [6.45, 7) is 22.0. The maximum Gasteiger partial charge on any atom is 0.414 e. The van der Waals surface area contributed by atoms with Crippen LogP contribution in [0.2, 0.25) is 0 Å². The van der Waals surface area contributed by atoms with Crippen molar-refractivity contribution >= 4 is 33.4 Å². The van der Waals surface area contributed by atoms with E-state index in [2.05, 4.69) is 45.1 Å². The van der Waals surface area contributed by atoms with Crippen LogP contribution in [0, 0.1) is 13.8 Å². The molecule has 0 saturated heterocycles. The zero-order valence-corrected chi connectivity index (χ0v) is 23.5. The van der Waals surface area contributed by atoms with E-state index in [9.17, 15) is 4.79 Å². The van der Waals surface area contributed by atoms with E-state index in [1.807, 2.05) is 83.1 Å². The van der Waals surface area contributed by atoms with Gasteiger partial charge in [-0.1, -0.05) is 67.5 Å². The molecule has 0 aliphatic rings. The van der Waals surface area contributed by atoms with E-state index in [1.165, 1.54) is 21.6 Å². The molecule has 1 aromatic carbocycles. The second kappa shape index (κ2) is 17.3. The molecule has 0 bridgehead atoms. The van der Waals surface area contributed by atoms with Gasteiger partial charge in [0.25, 0.3) is 0 Å². The molecule has 0 spiro atoms. The summed E-state index contributed by atoms with van der Waals surface area (Å²) in [4.78, 5) is 15.2. The molecule has 0 unspecified atom stereocenters. The lowest BCUT2D eigenvalue weighted by Crippen LogP contribution is -2.34. The Kier molecular flexibility index (Phi) is 17.7. The topological polar surface area (TPSA) is 29.5 Å². The van der Waals surface area contributed by atoms with E-state index in [0.29, 0.717) is 0 Å². The SMILES string of the molecule is C/C=C\C=C(/C)SSCCc1c(C)cc(N(C)C(=O)OC(C)(C)C)cc1C.CC.CC. The Bertz CT molecular complexity index is 681. The largest absolute Gasteiger partial charge is 0.443 e. The highest BCUT2D eigenvalue weighted by Crippen LogP contribution is 2.31. The van der Waals surface area contributed by atoms with Crippen molar-refractivity contribution in [2.24, 2.45) is 0 Å². The molecular formula is C26H45NO2S2. The molecule has 3 nitrogen and oxygen atoms in total. The number of hydrogen-bond acceptors (Lipinski definition) is 4. The fraction of sp³-hybridized carbons (Fsp3) is 0.577. The van der Waals surface area contributed by atoms with Crippen molar-refractivity contribution < 1.29 is 9.53 Å². The minimum atomic E-state index is -0.496. The molecule has 0 aliphatic heterocycles. The molecule has 178 valence electrons. The molecule has 0 fully saturated rings. The molecule has 1 amide bonds. The van der Waals surface area contributed by atoms with Crippen molar-refractivity contribution in [3.05, 3.63) is 52.0 Å². The number of anilines is 1. The zero-order chi connectivity index (χ0) is 24.6. The second-order valence-corrected chi connectivity index (χ2v) is 10.2. The average molecular weight is 468 g/mol. The van der Waals surface area contributed by atoms with Gasteiger partial charge in [-0.2, -0.15) is 0 Å². The lowest BCUT2D eigenvalue weighted by Gasteiger charge is -2.25. The number of carbonyl (C=O) groups excluding carboxylic acids is 1. The predicted octanol–water partition coefficient (Wildman–Crippen LogP) is 9.13. The van der Waals surface area contributed by atoms with Crippen LogP contribution in [0.1, 0.15) is 79.0 Å². The van der Waals surface area contributed by atoms with E-state index < -0.39 is 5.60 Å². The fourth-order valence-electron chi connectivity index (χ4n) is 2.53. The monoisotopic (exact) mass is 467 g/mol. The van der Waals surface area contributed by atoms with Crippen molar-refractivity contribution in [3.8, 4) is 0 Å². The van der Waals surface area contributed by atoms with Crippen LogP contribution in [0.3, 0.4) is 0 Å². The van der Waals surface area contributed by atoms with Gasteiger partial charge in [0.1, 0.15) is 5.60 Å². The minimum absolute atomic E-state index is 0.329. The molecular weight excluding hydrogens is 422 g/mol. The molecule has 0 heterocycles. The number of allylic oxidation sites excluding steroid dienone is 4. The first-order valence-electron chi connectivity index (χ1n) is 11.2. The molecule has 0 radical (unpaired) electrons. The quantitative estimate of drug-likeness (QED) is 0.227. The number of carbonyl (C=O) groups is 1. The first-order valence-corrected chi connectivity index (χ1v) is 13.5. The summed E-state index contributed by atoms with van der Waals surface area (Å²) in [7, 11) is 5.46. The Morgan fingerprint density at radius 2 is 1.61 bits per heavy atom. The molecule has 31 heavy (non-hydrogen) atoms. The van der Waals surface area contributed by atoms with Crippen molar-refractivity contribution in [3.63, 3.8) is 0 Å². The van der Waals surface area contributed by atoms with Gasteiger partial charge in [-0.15, -0.1) is 0 Å². The molecule has 1 aromatic rings. The van der Waals surface area contributed by atoms with Gasteiger partial charge in [-0.25, -0.2) is 4.79 Å². The Balaban J connectivity index is 0. The first-order chi connectivity index (χ1) is 14.5. The van der Waals surface area contributed by atoms with E-state index in [-0.39, 0.29) is 6.09 Å². The van der Waals surface area contributed by atoms with E-state index in [1.54, 1.807) is 11.9 Å². The summed E-state index contributed by atoms with van der Waals surface area (Å²) in [6, 6.07) is 4.14. The highest BCUT2D eigenvalue weighted by atomic mass is 33.1. The zero-order valence-electron chi connectivity index (χ0n) is 21.9. The molecule has 5 heteroatoms. The molecule has 1 rings (SSSR count). The maximum absolute atomic E-state index is 12.3. The highest BCUT2D eigenvalue weighted by molar-refractivity contribution is 8.78. The highest BCUT2D eigenvalue weighted by Gasteiger charge is 2.21. The molecule has 0 aliphatic carbocycles. The third kappa shape index (κ3) is 13.6. The lowest BCUT2D eigenvalue weighted by atomic mass is 9.99. The van der Waals surface area contributed by atoms with Gasteiger partial charge < -0.3 is 4.74 Å². The summed E-state index contributed by atoms with van der Waals surface area (Å²) in [5, 5.41) is 0. The van der Waals surface area contributed by atoms with E-state index in [0.717, 1.165) is 17.9 Å². The van der Waals surface area contributed by atoms with Gasteiger partial charge in [-0.3, -0.25) is 4.90 Å². The van der Waals surface area contributed by atoms with Gasteiger partial charge >= 0.3 is 6.09 Å². The van der Waals surface area contributed by atoms with Gasteiger partial charge in [0.15, 0.2) is 0 Å². The molecule has 0 atom stereocenters. The van der Waals surface area contributed by atoms with Crippen molar-refractivity contribution in [1.29, 1.82) is 0 Å². The second-order valence-electron chi connectivity index (χ2n) is 7.56. The summed E-state index contributed by atoms with van der Waals surface area (Å²) >= 11 is 0. The van der Waals surface area contributed by atoms with Gasteiger partial charge in [0.05, 0.1) is 0 Å².